The summed E-state index contributed by atoms with van der Waals surface area (Å²) in [7, 11) is -3.40. The summed E-state index contributed by atoms with van der Waals surface area (Å²) in [6, 6.07) is 12.8. The zero-order valence-corrected chi connectivity index (χ0v) is 16.0. The summed E-state index contributed by atoms with van der Waals surface area (Å²) < 4.78 is 30.8. The quantitative estimate of drug-likeness (QED) is 0.694. The van der Waals surface area contributed by atoms with E-state index in [-0.39, 0.29) is 5.91 Å². The van der Waals surface area contributed by atoms with Gasteiger partial charge in [0.2, 0.25) is 10.0 Å². The lowest BCUT2D eigenvalue weighted by molar-refractivity contribution is 0.0946. The Morgan fingerprint density at radius 1 is 1.12 bits per heavy atom. The first-order chi connectivity index (χ1) is 12.3. The highest BCUT2D eigenvalue weighted by atomic mass is 32.2. The van der Waals surface area contributed by atoms with Crippen LogP contribution < -0.4 is 14.8 Å². The van der Waals surface area contributed by atoms with Crippen LogP contribution in [-0.4, -0.2) is 33.7 Å². The van der Waals surface area contributed by atoms with Gasteiger partial charge in [-0.15, -0.1) is 0 Å². The van der Waals surface area contributed by atoms with Crippen molar-refractivity contribution in [1.82, 2.24) is 5.32 Å². The number of carbonyl (C=O) groups is 1. The van der Waals surface area contributed by atoms with Gasteiger partial charge in [-0.25, -0.2) is 8.42 Å². The molecular formula is C19H24N2O4S. The van der Waals surface area contributed by atoms with Crippen molar-refractivity contribution in [2.75, 3.05) is 24.1 Å². The number of nitrogens with one attached hydrogen (secondary N) is 2. The van der Waals surface area contributed by atoms with Gasteiger partial charge in [0.15, 0.2) is 0 Å². The summed E-state index contributed by atoms with van der Waals surface area (Å²) in [6.07, 6.45) is 2.05. The van der Waals surface area contributed by atoms with E-state index in [1.807, 2.05) is 24.3 Å². The number of amides is 1. The van der Waals surface area contributed by atoms with Crippen LogP contribution in [-0.2, 0) is 16.4 Å². The molecule has 26 heavy (non-hydrogen) atoms. The highest BCUT2D eigenvalue weighted by Gasteiger charge is 2.13. The predicted octanol–water partition coefficient (Wildman–Crippen LogP) is 2.74. The number of anilines is 1. The molecule has 2 aromatic carbocycles. The first-order valence-electron chi connectivity index (χ1n) is 8.37. The van der Waals surface area contributed by atoms with Gasteiger partial charge in [-0.3, -0.25) is 9.52 Å². The molecule has 0 bridgehead atoms. The van der Waals surface area contributed by atoms with E-state index in [0.717, 1.165) is 18.4 Å². The van der Waals surface area contributed by atoms with Gasteiger partial charge in [-0.1, -0.05) is 25.1 Å². The van der Waals surface area contributed by atoms with Gasteiger partial charge >= 0.3 is 0 Å². The lowest BCUT2D eigenvalue weighted by Crippen LogP contribution is -2.29. The van der Waals surface area contributed by atoms with Gasteiger partial charge in [0.1, 0.15) is 12.4 Å². The Hall–Kier alpha value is -2.54. The van der Waals surface area contributed by atoms with E-state index >= 15 is 0 Å². The molecule has 0 radical (unpaired) electrons. The zero-order chi connectivity index (χ0) is 19.2. The smallest absolute Gasteiger partial charge is 0.251 e. The molecule has 0 spiro atoms. The molecule has 2 rings (SSSR count). The topological polar surface area (TPSA) is 84.5 Å². The summed E-state index contributed by atoms with van der Waals surface area (Å²) in [6.45, 7) is 4.48. The van der Waals surface area contributed by atoms with Crippen LogP contribution >= 0.6 is 0 Å². The molecule has 0 heterocycles. The fourth-order valence-corrected chi connectivity index (χ4v) is 3.06. The minimum atomic E-state index is -3.40. The van der Waals surface area contributed by atoms with E-state index in [0.29, 0.717) is 30.0 Å². The molecule has 2 N–H and O–H groups in total. The van der Waals surface area contributed by atoms with Gasteiger partial charge in [0.05, 0.1) is 18.5 Å². The molecule has 0 aliphatic rings. The van der Waals surface area contributed by atoms with Gasteiger partial charge < -0.3 is 10.1 Å². The van der Waals surface area contributed by atoms with Crippen LogP contribution in [0.25, 0.3) is 0 Å². The highest BCUT2D eigenvalue weighted by Crippen LogP contribution is 2.20. The summed E-state index contributed by atoms with van der Waals surface area (Å²) in [5, 5.41) is 2.78. The minimum Gasteiger partial charge on any atom is -0.492 e. The molecule has 2 aromatic rings. The lowest BCUT2D eigenvalue weighted by Gasteiger charge is -2.13. The van der Waals surface area contributed by atoms with Gasteiger partial charge in [-0.2, -0.15) is 0 Å². The Morgan fingerprint density at radius 2 is 1.81 bits per heavy atom. The second-order valence-corrected chi connectivity index (χ2v) is 7.70. The van der Waals surface area contributed by atoms with Crippen molar-refractivity contribution in [2.24, 2.45) is 0 Å². The second-order valence-electron chi connectivity index (χ2n) is 5.95. The summed E-state index contributed by atoms with van der Waals surface area (Å²) in [5.74, 6) is 0.483. The highest BCUT2D eigenvalue weighted by molar-refractivity contribution is 7.92. The van der Waals surface area contributed by atoms with Crippen LogP contribution in [0.2, 0.25) is 0 Å². The number of benzene rings is 2. The number of ether oxygens (including phenoxy) is 1. The maximum Gasteiger partial charge on any atom is 0.251 e. The standard InChI is InChI=1S/C19H24N2O4S/c1-4-15-8-10-16(11-9-15)25-13-12-20-19(22)17-6-5-7-18(14(17)2)21-26(3,23)24/h5-11,21H,4,12-13H2,1-3H3,(H,20,22). The van der Waals surface area contributed by atoms with E-state index in [1.54, 1.807) is 25.1 Å². The fraction of sp³-hybridized carbons (Fsp3) is 0.316. The SMILES string of the molecule is CCc1ccc(OCCNC(=O)c2cccc(NS(C)(=O)=O)c2C)cc1. The Balaban J connectivity index is 1.90. The number of sulfonamides is 1. The van der Waals surface area contributed by atoms with E-state index < -0.39 is 10.0 Å². The number of aryl methyl sites for hydroxylation is 1. The van der Waals surface area contributed by atoms with E-state index in [9.17, 15) is 13.2 Å². The molecule has 140 valence electrons. The van der Waals surface area contributed by atoms with Crippen molar-refractivity contribution in [3.8, 4) is 5.75 Å². The molecule has 0 atom stereocenters. The first kappa shape index (κ1) is 19.8. The number of hydrogen-bond donors (Lipinski definition) is 2. The van der Waals surface area contributed by atoms with Crippen molar-refractivity contribution < 1.29 is 17.9 Å². The molecular weight excluding hydrogens is 352 g/mol. The third-order valence-corrected chi connectivity index (χ3v) is 4.45. The molecule has 0 unspecified atom stereocenters. The van der Waals surface area contributed by atoms with E-state index in [4.69, 9.17) is 4.74 Å². The summed E-state index contributed by atoms with van der Waals surface area (Å²) in [4.78, 5) is 12.3. The number of rotatable bonds is 8. The van der Waals surface area contributed by atoms with Crippen LogP contribution in [0.5, 0.6) is 5.75 Å². The average molecular weight is 376 g/mol. The third kappa shape index (κ3) is 5.77. The Bertz CT molecular complexity index is 862. The van der Waals surface area contributed by atoms with Crippen LogP contribution in [0, 0.1) is 6.92 Å². The molecule has 0 saturated heterocycles. The van der Waals surface area contributed by atoms with Crippen molar-refractivity contribution in [3.05, 3.63) is 59.2 Å². The van der Waals surface area contributed by atoms with E-state index in [1.165, 1.54) is 5.56 Å². The van der Waals surface area contributed by atoms with Crippen molar-refractivity contribution >= 4 is 21.6 Å². The fourth-order valence-electron chi connectivity index (χ4n) is 2.44. The minimum absolute atomic E-state index is 0.274. The Labute approximate surface area is 154 Å². The molecule has 1 amide bonds. The van der Waals surface area contributed by atoms with E-state index in [2.05, 4.69) is 17.0 Å². The first-order valence-corrected chi connectivity index (χ1v) is 10.3. The molecule has 0 fully saturated rings. The van der Waals surface area contributed by atoms with Crippen molar-refractivity contribution in [2.45, 2.75) is 20.3 Å². The van der Waals surface area contributed by atoms with Crippen molar-refractivity contribution in [3.63, 3.8) is 0 Å². The third-order valence-electron chi connectivity index (χ3n) is 3.86. The van der Waals surface area contributed by atoms with Crippen LogP contribution in [0.4, 0.5) is 5.69 Å². The van der Waals surface area contributed by atoms with Gasteiger partial charge in [0, 0.05) is 5.56 Å². The Morgan fingerprint density at radius 3 is 2.42 bits per heavy atom. The number of hydrogen-bond acceptors (Lipinski definition) is 4. The maximum absolute atomic E-state index is 12.3. The van der Waals surface area contributed by atoms with Crippen LogP contribution in [0.1, 0.15) is 28.4 Å². The summed E-state index contributed by atoms with van der Waals surface area (Å²) in [5.41, 5.74) is 2.63. The predicted molar refractivity (Wildman–Crippen MR) is 103 cm³/mol. The molecule has 7 heteroatoms. The molecule has 6 nitrogen and oxygen atoms in total. The molecule has 0 saturated carbocycles. The van der Waals surface area contributed by atoms with Crippen LogP contribution in [0.15, 0.2) is 42.5 Å². The maximum atomic E-state index is 12.3. The number of carbonyl (C=O) groups excluding carboxylic acids is 1. The molecule has 0 aromatic heterocycles. The largest absolute Gasteiger partial charge is 0.492 e. The van der Waals surface area contributed by atoms with Crippen LogP contribution in [0.3, 0.4) is 0 Å². The zero-order valence-electron chi connectivity index (χ0n) is 15.2. The van der Waals surface area contributed by atoms with Crippen molar-refractivity contribution in [1.29, 1.82) is 0 Å². The normalized spacial score (nSPS) is 11.0. The van der Waals surface area contributed by atoms with Gasteiger partial charge in [0.25, 0.3) is 5.91 Å². The average Bonchev–Trinajstić information content (AvgIpc) is 2.59. The lowest BCUT2D eigenvalue weighted by atomic mass is 10.1. The molecule has 0 aliphatic carbocycles. The van der Waals surface area contributed by atoms with Gasteiger partial charge in [-0.05, 0) is 48.7 Å². The molecule has 0 aliphatic heterocycles. The monoisotopic (exact) mass is 376 g/mol. The summed E-state index contributed by atoms with van der Waals surface area (Å²) >= 11 is 0. The Kier molecular flexibility index (Phi) is 6.63. The second kappa shape index (κ2) is 8.71.